The van der Waals surface area contributed by atoms with Crippen molar-refractivity contribution in [3.8, 4) is 0 Å². The largest absolute Gasteiger partial charge is 0.420 e. The third-order valence-corrected chi connectivity index (χ3v) is 5.37. The van der Waals surface area contributed by atoms with Crippen LogP contribution in [0.2, 0.25) is 0 Å². The van der Waals surface area contributed by atoms with E-state index >= 15 is 0 Å². The van der Waals surface area contributed by atoms with Crippen molar-refractivity contribution in [2.24, 2.45) is 0 Å². The normalized spacial score (nSPS) is 15.8. The summed E-state index contributed by atoms with van der Waals surface area (Å²) in [5.74, 6) is -0.593. The SMILES string of the molecule is CN1CCC(N(Cc2ccccn2)C(=O)Cn2c(=O)oc3ccccc32)CC1. The number of para-hydroxylation sites is 2. The van der Waals surface area contributed by atoms with Crippen molar-refractivity contribution in [3.63, 3.8) is 0 Å². The summed E-state index contributed by atoms with van der Waals surface area (Å²) >= 11 is 0. The summed E-state index contributed by atoms with van der Waals surface area (Å²) in [6, 6.07) is 13.0. The van der Waals surface area contributed by atoms with Gasteiger partial charge in [-0.2, -0.15) is 0 Å². The Kier molecular flexibility index (Phi) is 5.25. The van der Waals surface area contributed by atoms with E-state index in [0.717, 1.165) is 31.6 Å². The molecule has 1 amide bonds. The molecule has 0 saturated carbocycles. The summed E-state index contributed by atoms with van der Waals surface area (Å²) in [6.07, 6.45) is 3.56. The number of carbonyl (C=O) groups is 1. The van der Waals surface area contributed by atoms with Crippen molar-refractivity contribution in [1.29, 1.82) is 0 Å². The molecular weight excluding hydrogens is 356 g/mol. The second-order valence-corrected chi connectivity index (χ2v) is 7.30. The first-order chi connectivity index (χ1) is 13.6. The van der Waals surface area contributed by atoms with Gasteiger partial charge in [-0.3, -0.25) is 14.3 Å². The first-order valence-electron chi connectivity index (χ1n) is 9.58. The maximum atomic E-state index is 13.3. The van der Waals surface area contributed by atoms with Gasteiger partial charge in [0.2, 0.25) is 5.91 Å². The van der Waals surface area contributed by atoms with Crippen LogP contribution in [0.15, 0.2) is 57.9 Å². The first kappa shape index (κ1) is 18.4. The van der Waals surface area contributed by atoms with E-state index in [-0.39, 0.29) is 18.5 Å². The van der Waals surface area contributed by atoms with Crippen LogP contribution in [-0.4, -0.2) is 51.4 Å². The van der Waals surface area contributed by atoms with E-state index in [9.17, 15) is 9.59 Å². The monoisotopic (exact) mass is 380 g/mol. The number of rotatable bonds is 5. The Morgan fingerprint density at radius 1 is 1.18 bits per heavy atom. The van der Waals surface area contributed by atoms with Gasteiger partial charge in [-0.1, -0.05) is 18.2 Å². The molecule has 3 heterocycles. The lowest BCUT2D eigenvalue weighted by atomic mass is 10.0. The van der Waals surface area contributed by atoms with Gasteiger partial charge in [0.1, 0.15) is 6.54 Å². The fraction of sp³-hybridized carbons (Fsp3) is 0.381. The Hall–Kier alpha value is -2.93. The molecule has 0 N–H and O–H groups in total. The number of likely N-dealkylation sites (tertiary alicyclic amines) is 1. The van der Waals surface area contributed by atoms with E-state index in [2.05, 4.69) is 16.9 Å². The molecule has 0 spiro atoms. The number of oxazole rings is 1. The highest BCUT2D eigenvalue weighted by atomic mass is 16.4. The number of hydrogen-bond donors (Lipinski definition) is 0. The number of hydrogen-bond acceptors (Lipinski definition) is 5. The lowest BCUT2D eigenvalue weighted by molar-refractivity contribution is -0.136. The lowest BCUT2D eigenvalue weighted by Gasteiger charge is -2.37. The molecule has 4 rings (SSSR count). The smallest absolute Gasteiger partial charge is 0.408 e. The molecule has 1 saturated heterocycles. The van der Waals surface area contributed by atoms with Gasteiger partial charge in [-0.15, -0.1) is 0 Å². The molecule has 0 aliphatic carbocycles. The third-order valence-electron chi connectivity index (χ3n) is 5.37. The zero-order valence-corrected chi connectivity index (χ0v) is 16.0. The molecule has 2 aromatic heterocycles. The Labute approximate surface area is 163 Å². The van der Waals surface area contributed by atoms with Crippen LogP contribution in [-0.2, 0) is 17.9 Å². The molecule has 28 heavy (non-hydrogen) atoms. The Morgan fingerprint density at radius 2 is 1.93 bits per heavy atom. The summed E-state index contributed by atoms with van der Waals surface area (Å²) in [5.41, 5.74) is 1.98. The van der Waals surface area contributed by atoms with Crippen LogP contribution in [0.5, 0.6) is 0 Å². The number of piperidine rings is 1. The Balaban J connectivity index is 1.60. The summed E-state index contributed by atoms with van der Waals surface area (Å²) in [6.45, 7) is 2.31. The molecule has 7 heteroatoms. The summed E-state index contributed by atoms with van der Waals surface area (Å²) in [4.78, 5) is 34.1. The third kappa shape index (κ3) is 3.84. The van der Waals surface area contributed by atoms with Gasteiger partial charge in [-0.25, -0.2) is 4.79 Å². The average molecular weight is 380 g/mol. The molecule has 1 fully saturated rings. The second kappa shape index (κ2) is 7.98. The van der Waals surface area contributed by atoms with Crippen molar-refractivity contribution >= 4 is 17.0 Å². The second-order valence-electron chi connectivity index (χ2n) is 7.30. The lowest BCUT2D eigenvalue weighted by Crippen LogP contribution is -2.47. The zero-order valence-electron chi connectivity index (χ0n) is 16.0. The van der Waals surface area contributed by atoms with Crippen molar-refractivity contribution < 1.29 is 9.21 Å². The van der Waals surface area contributed by atoms with Crippen molar-refractivity contribution in [2.75, 3.05) is 20.1 Å². The maximum Gasteiger partial charge on any atom is 0.420 e. The van der Waals surface area contributed by atoms with Crippen LogP contribution in [0, 0.1) is 0 Å². The van der Waals surface area contributed by atoms with Crippen LogP contribution in [0.25, 0.3) is 11.1 Å². The number of aromatic nitrogens is 2. The minimum atomic E-state index is -0.504. The number of nitrogens with zero attached hydrogens (tertiary/aromatic N) is 4. The highest BCUT2D eigenvalue weighted by Crippen LogP contribution is 2.19. The van der Waals surface area contributed by atoms with E-state index in [4.69, 9.17) is 4.42 Å². The van der Waals surface area contributed by atoms with Crippen LogP contribution in [0.3, 0.4) is 0 Å². The van der Waals surface area contributed by atoms with Crippen LogP contribution in [0.1, 0.15) is 18.5 Å². The summed E-state index contributed by atoms with van der Waals surface area (Å²) in [7, 11) is 2.10. The van der Waals surface area contributed by atoms with E-state index in [1.54, 1.807) is 18.3 Å². The van der Waals surface area contributed by atoms with E-state index in [1.165, 1.54) is 4.57 Å². The van der Waals surface area contributed by atoms with E-state index in [0.29, 0.717) is 17.6 Å². The van der Waals surface area contributed by atoms with Crippen molar-refractivity contribution in [1.82, 2.24) is 19.4 Å². The molecular formula is C21H24N4O3. The number of amides is 1. The van der Waals surface area contributed by atoms with Crippen molar-refractivity contribution in [2.45, 2.75) is 32.0 Å². The van der Waals surface area contributed by atoms with E-state index in [1.807, 2.05) is 35.2 Å². The number of fused-ring (bicyclic) bond motifs is 1. The number of benzene rings is 1. The fourth-order valence-electron chi connectivity index (χ4n) is 3.78. The van der Waals surface area contributed by atoms with Crippen LogP contribution < -0.4 is 5.76 Å². The quantitative estimate of drug-likeness (QED) is 0.678. The standard InChI is InChI=1S/C21H24N4O3/c1-23-12-9-17(10-13-23)24(14-16-6-4-5-11-22-16)20(26)15-25-18-7-2-3-8-19(18)28-21(25)27/h2-8,11,17H,9-10,12-15H2,1H3. The molecule has 0 atom stereocenters. The zero-order chi connectivity index (χ0) is 19.5. The summed E-state index contributed by atoms with van der Waals surface area (Å²) < 4.78 is 6.69. The summed E-state index contributed by atoms with van der Waals surface area (Å²) in [5, 5.41) is 0. The first-order valence-corrected chi connectivity index (χ1v) is 9.58. The molecule has 1 aromatic carbocycles. The van der Waals surface area contributed by atoms with Gasteiger partial charge in [0.25, 0.3) is 0 Å². The topological polar surface area (TPSA) is 71.6 Å². The minimum absolute atomic E-state index is 0.0327. The molecule has 0 radical (unpaired) electrons. The van der Waals surface area contributed by atoms with Crippen molar-refractivity contribution in [3.05, 3.63) is 64.9 Å². The Morgan fingerprint density at radius 3 is 2.68 bits per heavy atom. The highest BCUT2D eigenvalue weighted by Gasteiger charge is 2.28. The van der Waals surface area contributed by atoms with Crippen LogP contribution in [0.4, 0.5) is 0 Å². The molecule has 0 unspecified atom stereocenters. The number of carbonyl (C=O) groups excluding carboxylic acids is 1. The predicted octanol–water partition coefficient (Wildman–Crippen LogP) is 2.11. The van der Waals surface area contributed by atoms with Crippen LogP contribution >= 0.6 is 0 Å². The fourth-order valence-corrected chi connectivity index (χ4v) is 3.78. The molecule has 1 aliphatic heterocycles. The molecule has 0 bridgehead atoms. The average Bonchev–Trinajstić information content (AvgIpc) is 3.03. The molecule has 7 nitrogen and oxygen atoms in total. The van der Waals surface area contributed by atoms with Gasteiger partial charge >= 0.3 is 5.76 Å². The van der Waals surface area contributed by atoms with Gasteiger partial charge < -0.3 is 14.2 Å². The maximum absolute atomic E-state index is 13.3. The van der Waals surface area contributed by atoms with Gasteiger partial charge in [-0.05, 0) is 57.2 Å². The van der Waals surface area contributed by atoms with Gasteiger partial charge in [0, 0.05) is 12.2 Å². The van der Waals surface area contributed by atoms with Gasteiger partial charge in [0.05, 0.1) is 17.8 Å². The predicted molar refractivity (Wildman–Crippen MR) is 106 cm³/mol. The number of pyridine rings is 1. The molecule has 146 valence electrons. The van der Waals surface area contributed by atoms with E-state index < -0.39 is 5.76 Å². The van der Waals surface area contributed by atoms with Gasteiger partial charge in [0.15, 0.2) is 5.58 Å². The Bertz CT molecular complexity index is 1000. The highest BCUT2D eigenvalue weighted by molar-refractivity contribution is 5.79. The molecule has 3 aromatic rings. The minimum Gasteiger partial charge on any atom is -0.408 e. The molecule has 1 aliphatic rings.